The summed E-state index contributed by atoms with van der Waals surface area (Å²) < 4.78 is 11.3. The highest BCUT2D eigenvalue weighted by molar-refractivity contribution is 5.82. The van der Waals surface area contributed by atoms with Gasteiger partial charge in [-0.2, -0.15) is 0 Å². The van der Waals surface area contributed by atoms with Gasteiger partial charge < -0.3 is 9.47 Å². The first-order valence-electron chi connectivity index (χ1n) is 9.22. The van der Waals surface area contributed by atoms with Crippen LogP contribution in [0.15, 0.2) is 78.9 Å². The van der Waals surface area contributed by atoms with Crippen LogP contribution < -0.4 is 4.74 Å². The Morgan fingerprint density at radius 2 is 1.37 bits per heavy atom. The maximum atomic E-state index is 6.03. The van der Waals surface area contributed by atoms with Crippen LogP contribution in [0.4, 0.5) is 0 Å². The predicted molar refractivity (Wildman–Crippen MR) is 112 cm³/mol. The van der Waals surface area contributed by atoms with Crippen LogP contribution in [0.25, 0.3) is 24.3 Å². The summed E-state index contributed by atoms with van der Waals surface area (Å²) in [5.74, 6) is 0.882. The molecule has 1 unspecified atom stereocenters. The second-order valence-electron chi connectivity index (χ2n) is 6.51. The smallest absolute Gasteiger partial charge is 0.127 e. The lowest BCUT2D eigenvalue weighted by Crippen LogP contribution is -2.05. The lowest BCUT2D eigenvalue weighted by Gasteiger charge is -2.11. The van der Waals surface area contributed by atoms with E-state index < -0.39 is 0 Å². The molecule has 2 nitrogen and oxygen atoms in total. The molecule has 3 aromatic carbocycles. The van der Waals surface area contributed by atoms with E-state index in [1.54, 1.807) is 0 Å². The predicted octanol–water partition coefficient (Wildman–Crippen LogP) is 5.81. The van der Waals surface area contributed by atoms with Crippen LogP contribution >= 0.6 is 0 Å². The van der Waals surface area contributed by atoms with Gasteiger partial charge in [0.1, 0.15) is 18.5 Å². The Labute approximate surface area is 160 Å². The Hall–Kier alpha value is -3.10. The molecular formula is C25H22O2. The summed E-state index contributed by atoms with van der Waals surface area (Å²) in [6, 6.07) is 26.8. The van der Waals surface area contributed by atoms with Crippen molar-refractivity contribution in [1.29, 1.82) is 0 Å². The Morgan fingerprint density at radius 1 is 0.741 bits per heavy atom. The van der Waals surface area contributed by atoms with Gasteiger partial charge in [0.2, 0.25) is 0 Å². The number of rotatable bonds is 7. The standard InChI is InChI=1S/C25H22O2/c1-3-8-20(9-4-1)14-16-22-12-7-13-25(27-19-23-18-26-23)24(22)17-15-21-10-5-2-6-11-21/h1-17,23H,18-19H2. The van der Waals surface area contributed by atoms with E-state index in [0.717, 1.165) is 29.0 Å². The van der Waals surface area contributed by atoms with Gasteiger partial charge in [0.25, 0.3) is 0 Å². The van der Waals surface area contributed by atoms with Crippen molar-refractivity contribution in [3.63, 3.8) is 0 Å². The zero-order chi connectivity index (χ0) is 18.3. The normalized spacial score (nSPS) is 16.1. The molecule has 0 spiro atoms. The highest BCUT2D eigenvalue weighted by atomic mass is 16.6. The van der Waals surface area contributed by atoms with Crippen LogP contribution in [-0.4, -0.2) is 19.3 Å². The molecule has 2 heteroatoms. The van der Waals surface area contributed by atoms with Gasteiger partial charge >= 0.3 is 0 Å². The van der Waals surface area contributed by atoms with Crippen molar-refractivity contribution in [3.05, 3.63) is 101 Å². The highest BCUT2D eigenvalue weighted by Gasteiger charge is 2.23. The minimum Gasteiger partial charge on any atom is -0.490 e. The summed E-state index contributed by atoms with van der Waals surface area (Å²) in [6.45, 7) is 1.39. The number of hydrogen-bond acceptors (Lipinski definition) is 2. The Balaban J connectivity index is 1.65. The van der Waals surface area contributed by atoms with Gasteiger partial charge in [0.05, 0.1) is 6.61 Å². The molecule has 1 aliphatic heterocycles. The maximum Gasteiger partial charge on any atom is 0.127 e. The summed E-state index contributed by atoms with van der Waals surface area (Å²) >= 11 is 0. The monoisotopic (exact) mass is 354 g/mol. The molecule has 0 aromatic heterocycles. The number of benzene rings is 3. The molecule has 0 N–H and O–H groups in total. The molecule has 1 fully saturated rings. The summed E-state index contributed by atoms with van der Waals surface area (Å²) in [5, 5.41) is 0. The van der Waals surface area contributed by atoms with Gasteiger partial charge in [-0.1, -0.05) is 97.1 Å². The molecule has 4 rings (SSSR count). The van der Waals surface area contributed by atoms with Gasteiger partial charge in [0.15, 0.2) is 0 Å². The van der Waals surface area contributed by atoms with Gasteiger partial charge in [-0.25, -0.2) is 0 Å². The van der Waals surface area contributed by atoms with E-state index in [1.165, 1.54) is 5.56 Å². The largest absolute Gasteiger partial charge is 0.490 e. The van der Waals surface area contributed by atoms with E-state index in [4.69, 9.17) is 9.47 Å². The zero-order valence-corrected chi connectivity index (χ0v) is 15.1. The average Bonchev–Trinajstić information content (AvgIpc) is 3.56. The van der Waals surface area contributed by atoms with E-state index >= 15 is 0 Å². The summed E-state index contributed by atoms with van der Waals surface area (Å²) in [6.07, 6.45) is 8.75. The molecule has 134 valence electrons. The van der Waals surface area contributed by atoms with Crippen molar-refractivity contribution in [1.82, 2.24) is 0 Å². The van der Waals surface area contributed by atoms with Crippen molar-refractivity contribution in [2.24, 2.45) is 0 Å². The zero-order valence-electron chi connectivity index (χ0n) is 15.1. The lowest BCUT2D eigenvalue weighted by molar-refractivity contribution is 0.262. The maximum absolute atomic E-state index is 6.03. The SMILES string of the molecule is C(=Cc1cccc(OCC2CO2)c1C=Cc1ccccc1)c1ccccc1. The summed E-state index contributed by atoms with van der Waals surface area (Å²) in [7, 11) is 0. The van der Waals surface area contributed by atoms with Crippen LogP contribution in [0, 0.1) is 0 Å². The lowest BCUT2D eigenvalue weighted by atomic mass is 10.0. The quantitative estimate of drug-likeness (QED) is 0.395. The Kier molecular flexibility index (Phi) is 5.47. The molecule has 1 atom stereocenters. The van der Waals surface area contributed by atoms with Crippen LogP contribution in [0.1, 0.15) is 22.3 Å². The van der Waals surface area contributed by atoms with Crippen molar-refractivity contribution in [3.8, 4) is 5.75 Å². The van der Waals surface area contributed by atoms with Crippen molar-refractivity contribution >= 4 is 24.3 Å². The van der Waals surface area contributed by atoms with Crippen LogP contribution in [0.3, 0.4) is 0 Å². The molecule has 0 aliphatic carbocycles. The summed E-state index contributed by atoms with van der Waals surface area (Å²) in [5.41, 5.74) is 4.54. The van der Waals surface area contributed by atoms with E-state index in [2.05, 4.69) is 54.6 Å². The van der Waals surface area contributed by atoms with Gasteiger partial charge in [-0.3, -0.25) is 0 Å². The van der Waals surface area contributed by atoms with Gasteiger partial charge in [-0.05, 0) is 22.8 Å². The Morgan fingerprint density at radius 3 is 2.00 bits per heavy atom. The Bertz CT molecular complexity index is 923. The second kappa shape index (κ2) is 8.52. The fraction of sp³-hybridized carbons (Fsp3) is 0.120. The molecule has 3 aromatic rings. The van der Waals surface area contributed by atoms with Gasteiger partial charge in [-0.15, -0.1) is 0 Å². The van der Waals surface area contributed by atoms with Crippen molar-refractivity contribution < 1.29 is 9.47 Å². The molecular weight excluding hydrogens is 332 g/mol. The topological polar surface area (TPSA) is 21.8 Å². The molecule has 0 bridgehead atoms. The number of ether oxygens (including phenoxy) is 2. The molecule has 0 saturated carbocycles. The van der Waals surface area contributed by atoms with Crippen LogP contribution in [-0.2, 0) is 4.74 Å². The first-order chi connectivity index (χ1) is 13.4. The van der Waals surface area contributed by atoms with Crippen molar-refractivity contribution in [2.75, 3.05) is 13.2 Å². The molecule has 1 saturated heterocycles. The molecule has 27 heavy (non-hydrogen) atoms. The fourth-order valence-electron chi connectivity index (χ4n) is 2.85. The number of epoxide rings is 1. The van der Waals surface area contributed by atoms with Crippen LogP contribution in [0.2, 0.25) is 0 Å². The first-order valence-corrected chi connectivity index (χ1v) is 9.22. The average molecular weight is 354 g/mol. The fourth-order valence-corrected chi connectivity index (χ4v) is 2.85. The van der Waals surface area contributed by atoms with E-state index in [0.29, 0.717) is 6.61 Å². The third-order valence-electron chi connectivity index (χ3n) is 4.42. The van der Waals surface area contributed by atoms with Crippen LogP contribution in [0.5, 0.6) is 5.75 Å². The number of hydrogen-bond donors (Lipinski definition) is 0. The molecule has 0 amide bonds. The molecule has 0 radical (unpaired) electrons. The molecule has 1 heterocycles. The van der Waals surface area contributed by atoms with E-state index in [9.17, 15) is 0 Å². The first kappa shape index (κ1) is 17.3. The van der Waals surface area contributed by atoms with E-state index in [-0.39, 0.29) is 6.10 Å². The van der Waals surface area contributed by atoms with E-state index in [1.807, 2.05) is 48.5 Å². The van der Waals surface area contributed by atoms with Crippen molar-refractivity contribution in [2.45, 2.75) is 6.10 Å². The third kappa shape index (κ3) is 4.96. The minimum absolute atomic E-state index is 0.236. The molecule has 1 aliphatic rings. The minimum atomic E-state index is 0.236. The summed E-state index contributed by atoms with van der Waals surface area (Å²) in [4.78, 5) is 0. The highest BCUT2D eigenvalue weighted by Crippen LogP contribution is 2.28. The third-order valence-corrected chi connectivity index (χ3v) is 4.42. The second-order valence-corrected chi connectivity index (χ2v) is 6.51. The van der Waals surface area contributed by atoms with Gasteiger partial charge in [0, 0.05) is 5.56 Å².